The third-order valence-corrected chi connectivity index (χ3v) is 5.65. The second kappa shape index (κ2) is 3.49. The van der Waals surface area contributed by atoms with Gasteiger partial charge in [0.15, 0.2) is 0 Å². The molecule has 82 valence electrons. The molecule has 0 unspecified atom stereocenters. The zero-order chi connectivity index (χ0) is 10.2. The van der Waals surface area contributed by atoms with Gasteiger partial charge >= 0.3 is 0 Å². The number of hydrogen-bond acceptors (Lipinski definition) is 3. The molecule has 4 heteroatoms. The lowest BCUT2D eigenvalue weighted by molar-refractivity contribution is -0.00132. The van der Waals surface area contributed by atoms with Gasteiger partial charge < -0.3 is 4.74 Å². The molecule has 2 rings (SSSR count). The first kappa shape index (κ1) is 10.4. The Morgan fingerprint density at radius 1 is 1.36 bits per heavy atom. The summed E-state index contributed by atoms with van der Waals surface area (Å²) < 4.78 is 22.1. The van der Waals surface area contributed by atoms with Gasteiger partial charge in [0.05, 0.1) is 11.6 Å². The lowest BCUT2D eigenvalue weighted by Gasteiger charge is -2.33. The Balaban J connectivity index is 2.04. The predicted molar refractivity (Wildman–Crippen MR) is 58.0 cm³/mol. The fourth-order valence-electron chi connectivity index (χ4n) is 1.74. The van der Waals surface area contributed by atoms with Gasteiger partial charge in [-0.05, 0) is 32.6 Å². The van der Waals surface area contributed by atoms with Crippen LogP contribution in [0.25, 0.3) is 0 Å². The van der Waals surface area contributed by atoms with Crippen LogP contribution in [0.3, 0.4) is 0 Å². The minimum Gasteiger partial charge on any atom is -0.378 e. The van der Waals surface area contributed by atoms with Crippen LogP contribution in [-0.2, 0) is 14.5 Å². The van der Waals surface area contributed by atoms with Gasteiger partial charge in [0, 0.05) is 28.3 Å². The number of ether oxygens (including phenoxy) is 1. The number of nitrogens with zero attached hydrogens (tertiary/aromatic N) is 1. The molecule has 0 aromatic carbocycles. The molecule has 0 spiro atoms. The molecule has 1 aliphatic carbocycles. The highest BCUT2D eigenvalue weighted by atomic mass is 32.2. The highest BCUT2D eigenvalue weighted by molar-refractivity contribution is 7.93. The van der Waals surface area contributed by atoms with Gasteiger partial charge in [-0.25, -0.2) is 8.57 Å². The summed E-state index contributed by atoms with van der Waals surface area (Å²) in [6, 6.07) is 0.425. The third kappa shape index (κ3) is 2.28. The van der Waals surface area contributed by atoms with E-state index in [1.807, 2.05) is 0 Å². The molecule has 0 atom stereocenters. The second-order valence-corrected chi connectivity index (χ2v) is 7.24. The SMILES string of the molecule is COC1(C)CCS(=O)(=NC2CC2)CC1. The van der Waals surface area contributed by atoms with Gasteiger partial charge in [-0.3, -0.25) is 0 Å². The van der Waals surface area contributed by atoms with Gasteiger partial charge in [-0.1, -0.05) is 0 Å². The first-order chi connectivity index (χ1) is 6.55. The molecule has 3 nitrogen and oxygen atoms in total. The van der Waals surface area contributed by atoms with E-state index in [9.17, 15) is 4.21 Å². The standard InChI is InChI=1S/C10H19NO2S/c1-10(13-2)5-7-14(12,8-6-10)11-9-3-4-9/h9H,3-8H2,1-2H3. The van der Waals surface area contributed by atoms with E-state index in [1.165, 1.54) is 0 Å². The second-order valence-electron chi connectivity index (χ2n) is 4.67. The lowest BCUT2D eigenvalue weighted by atomic mass is 10.00. The minimum atomic E-state index is -1.86. The average Bonchev–Trinajstić information content (AvgIpc) is 2.95. The number of hydrogen-bond donors (Lipinski definition) is 0. The molecule has 0 aromatic heterocycles. The van der Waals surface area contributed by atoms with Gasteiger partial charge in [0.25, 0.3) is 0 Å². The molecular formula is C10H19NO2S. The van der Waals surface area contributed by atoms with Crippen molar-refractivity contribution in [2.75, 3.05) is 18.6 Å². The topological polar surface area (TPSA) is 38.7 Å². The first-order valence-electron chi connectivity index (χ1n) is 5.32. The van der Waals surface area contributed by atoms with Crippen LogP contribution in [0, 0.1) is 0 Å². The van der Waals surface area contributed by atoms with E-state index >= 15 is 0 Å². The van der Waals surface area contributed by atoms with Crippen LogP contribution < -0.4 is 0 Å². The quantitative estimate of drug-likeness (QED) is 0.707. The summed E-state index contributed by atoms with van der Waals surface area (Å²) in [5.41, 5.74) is -0.0556. The normalized spacial score (nSPS) is 43.6. The summed E-state index contributed by atoms with van der Waals surface area (Å²) in [5.74, 6) is 1.46. The van der Waals surface area contributed by atoms with E-state index in [4.69, 9.17) is 4.74 Å². The van der Waals surface area contributed by atoms with Crippen LogP contribution in [0.4, 0.5) is 0 Å². The summed E-state index contributed by atoms with van der Waals surface area (Å²) >= 11 is 0. The van der Waals surface area contributed by atoms with Crippen molar-refractivity contribution in [2.45, 2.75) is 44.2 Å². The zero-order valence-corrected chi connectivity index (χ0v) is 9.81. The zero-order valence-electron chi connectivity index (χ0n) is 8.99. The Bertz CT molecular complexity index is 313. The van der Waals surface area contributed by atoms with Gasteiger partial charge in [0.2, 0.25) is 0 Å². The molecule has 0 aromatic rings. The maximum Gasteiger partial charge on any atom is 0.0669 e. The van der Waals surface area contributed by atoms with Crippen LogP contribution in [0.5, 0.6) is 0 Å². The molecule has 0 N–H and O–H groups in total. The summed E-state index contributed by atoms with van der Waals surface area (Å²) in [4.78, 5) is 0. The molecular weight excluding hydrogens is 198 g/mol. The van der Waals surface area contributed by atoms with Gasteiger partial charge in [-0.15, -0.1) is 0 Å². The van der Waals surface area contributed by atoms with Crippen molar-refractivity contribution in [3.63, 3.8) is 0 Å². The third-order valence-electron chi connectivity index (χ3n) is 3.28. The van der Waals surface area contributed by atoms with E-state index in [1.54, 1.807) is 7.11 Å². The van der Waals surface area contributed by atoms with E-state index in [-0.39, 0.29) is 5.60 Å². The molecule has 0 radical (unpaired) electrons. The van der Waals surface area contributed by atoms with Crippen molar-refractivity contribution < 1.29 is 8.95 Å². The minimum absolute atomic E-state index is 0.0556. The Morgan fingerprint density at radius 2 is 1.93 bits per heavy atom. The Kier molecular flexibility index (Phi) is 2.60. The molecule has 14 heavy (non-hydrogen) atoms. The highest BCUT2D eigenvalue weighted by Crippen LogP contribution is 2.31. The lowest BCUT2D eigenvalue weighted by Crippen LogP contribution is -2.38. The Morgan fingerprint density at radius 3 is 2.36 bits per heavy atom. The molecule has 0 bridgehead atoms. The van der Waals surface area contributed by atoms with Crippen LogP contribution >= 0.6 is 0 Å². The summed E-state index contributed by atoms with van der Waals surface area (Å²) in [6.07, 6.45) is 4.08. The maximum absolute atomic E-state index is 12.2. The van der Waals surface area contributed by atoms with Crippen molar-refractivity contribution in [1.82, 2.24) is 0 Å². The smallest absolute Gasteiger partial charge is 0.0669 e. The fraction of sp³-hybridized carbons (Fsp3) is 1.00. The Labute approximate surface area is 86.4 Å². The Hall–Kier alpha value is -0.0900. The van der Waals surface area contributed by atoms with Crippen molar-refractivity contribution in [3.05, 3.63) is 0 Å². The largest absolute Gasteiger partial charge is 0.378 e. The van der Waals surface area contributed by atoms with Crippen LogP contribution in [0.2, 0.25) is 0 Å². The molecule has 0 amide bonds. The van der Waals surface area contributed by atoms with E-state index < -0.39 is 9.73 Å². The number of rotatable bonds is 2. The molecule has 1 saturated carbocycles. The molecule has 1 aliphatic heterocycles. The van der Waals surface area contributed by atoms with E-state index in [0.29, 0.717) is 6.04 Å². The van der Waals surface area contributed by atoms with Crippen LogP contribution in [-0.4, -0.2) is 34.5 Å². The summed E-state index contributed by atoms with van der Waals surface area (Å²) in [6.45, 7) is 2.10. The predicted octanol–water partition coefficient (Wildman–Crippen LogP) is 1.82. The molecule has 2 fully saturated rings. The maximum atomic E-state index is 12.2. The fourth-order valence-corrected chi connectivity index (χ4v) is 4.41. The highest BCUT2D eigenvalue weighted by Gasteiger charge is 2.33. The average molecular weight is 217 g/mol. The van der Waals surface area contributed by atoms with E-state index in [0.717, 1.165) is 37.2 Å². The van der Waals surface area contributed by atoms with Crippen molar-refractivity contribution >= 4 is 9.73 Å². The van der Waals surface area contributed by atoms with Gasteiger partial charge in [-0.2, -0.15) is 0 Å². The number of methoxy groups -OCH3 is 1. The van der Waals surface area contributed by atoms with Gasteiger partial charge in [0.1, 0.15) is 0 Å². The first-order valence-corrected chi connectivity index (χ1v) is 7.17. The summed E-state index contributed by atoms with van der Waals surface area (Å²) in [7, 11) is -0.122. The molecule has 2 aliphatic rings. The van der Waals surface area contributed by atoms with Crippen molar-refractivity contribution in [3.8, 4) is 0 Å². The van der Waals surface area contributed by atoms with Crippen LogP contribution in [0.1, 0.15) is 32.6 Å². The molecule has 1 saturated heterocycles. The van der Waals surface area contributed by atoms with Crippen molar-refractivity contribution in [2.24, 2.45) is 4.36 Å². The molecule has 1 heterocycles. The van der Waals surface area contributed by atoms with Crippen LogP contribution in [0.15, 0.2) is 4.36 Å². The van der Waals surface area contributed by atoms with E-state index in [2.05, 4.69) is 11.3 Å². The van der Waals surface area contributed by atoms with Crippen molar-refractivity contribution in [1.29, 1.82) is 0 Å². The monoisotopic (exact) mass is 217 g/mol. The summed E-state index contributed by atoms with van der Waals surface area (Å²) in [5, 5.41) is 0.